The summed E-state index contributed by atoms with van der Waals surface area (Å²) >= 11 is 0. The predicted molar refractivity (Wildman–Crippen MR) is 60.1 cm³/mol. The van der Waals surface area contributed by atoms with Crippen molar-refractivity contribution in [3.8, 4) is 0 Å². The summed E-state index contributed by atoms with van der Waals surface area (Å²) in [7, 11) is 0.728. The molecule has 0 aliphatic carbocycles. The highest BCUT2D eigenvalue weighted by Gasteiger charge is 2.56. The summed E-state index contributed by atoms with van der Waals surface area (Å²) in [5.41, 5.74) is 0. The molecule has 2 aliphatic rings. The molecule has 0 radical (unpaired) electrons. The summed E-state index contributed by atoms with van der Waals surface area (Å²) in [6.07, 6.45) is -1.51. The highest BCUT2D eigenvalue weighted by atomic mass is 31.1. The fourth-order valence-corrected chi connectivity index (χ4v) is 2.53. The van der Waals surface area contributed by atoms with E-state index in [-0.39, 0.29) is 18.8 Å². The van der Waals surface area contributed by atoms with Crippen LogP contribution in [0.3, 0.4) is 0 Å². The Morgan fingerprint density at radius 3 is 2.50 bits per heavy atom. The molecule has 18 heavy (non-hydrogen) atoms. The first-order valence-electron chi connectivity index (χ1n) is 5.65. The van der Waals surface area contributed by atoms with Crippen molar-refractivity contribution in [2.45, 2.75) is 44.2 Å². The van der Waals surface area contributed by atoms with Gasteiger partial charge in [-0.2, -0.15) is 0 Å². The Morgan fingerprint density at radius 1 is 1.22 bits per heavy atom. The summed E-state index contributed by atoms with van der Waals surface area (Å²) in [5.74, 6) is -0.683. The number of rotatable bonds is 5. The molecule has 0 N–H and O–H groups in total. The molecule has 0 aromatic carbocycles. The maximum Gasteiger partial charge on any atom is 0.697 e. The third-order valence-electron chi connectivity index (χ3n) is 2.83. The smallest absolute Gasteiger partial charge is 0.353 e. The first-order chi connectivity index (χ1) is 8.46. The van der Waals surface area contributed by atoms with E-state index in [0.717, 1.165) is 0 Å². The average molecular weight is 281 g/mol. The molecule has 2 unspecified atom stereocenters. The molecule has 2 heterocycles. The normalized spacial score (nSPS) is 38.8. The lowest BCUT2D eigenvalue weighted by Crippen LogP contribution is -2.32. The van der Waals surface area contributed by atoms with Crippen molar-refractivity contribution in [3.05, 3.63) is 0 Å². The largest absolute Gasteiger partial charge is 0.697 e. The maximum atomic E-state index is 11.1. The van der Waals surface area contributed by atoms with E-state index in [1.807, 2.05) is 13.8 Å². The van der Waals surface area contributed by atoms with Crippen LogP contribution in [0.15, 0.2) is 0 Å². The zero-order chi connectivity index (χ0) is 13.3. The number of fused-ring (bicyclic) bond motifs is 1. The van der Waals surface area contributed by atoms with Crippen LogP contribution in [-0.4, -0.2) is 51.2 Å². The Kier molecular flexibility index (Phi) is 4.33. The van der Waals surface area contributed by atoms with Crippen LogP contribution in [0.4, 0.5) is 0 Å². The van der Waals surface area contributed by atoms with Gasteiger partial charge in [-0.1, -0.05) is 0 Å². The van der Waals surface area contributed by atoms with Crippen LogP contribution in [0.1, 0.15) is 13.8 Å². The molecule has 8 heteroatoms. The molecule has 7 nitrogen and oxygen atoms in total. The molecule has 0 bridgehead atoms. The van der Waals surface area contributed by atoms with Crippen LogP contribution in [0.2, 0.25) is 0 Å². The Bertz CT molecular complexity index is 321. The zero-order valence-electron chi connectivity index (χ0n) is 10.8. The van der Waals surface area contributed by atoms with Crippen molar-refractivity contribution in [2.75, 3.05) is 20.8 Å². The number of ether oxygens (including phenoxy) is 4. The van der Waals surface area contributed by atoms with Gasteiger partial charge in [-0.05, 0) is 13.8 Å². The van der Waals surface area contributed by atoms with Gasteiger partial charge in [0.05, 0.1) is 7.11 Å². The highest BCUT2D eigenvalue weighted by molar-refractivity contribution is 7.33. The Hall–Kier alpha value is -0.140. The molecule has 2 saturated heterocycles. The van der Waals surface area contributed by atoms with E-state index >= 15 is 0 Å². The third-order valence-corrected chi connectivity index (χ3v) is 3.49. The van der Waals surface area contributed by atoms with Gasteiger partial charge in [0.1, 0.15) is 24.9 Å². The third kappa shape index (κ3) is 2.88. The van der Waals surface area contributed by atoms with Gasteiger partial charge < -0.3 is 18.9 Å². The summed E-state index contributed by atoms with van der Waals surface area (Å²) in [5, 5.41) is 0. The van der Waals surface area contributed by atoms with E-state index in [4.69, 9.17) is 23.5 Å². The molecule has 2 fully saturated rings. The molecule has 0 amide bonds. The van der Waals surface area contributed by atoms with Crippen LogP contribution in [0.5, 0.6) is 0 Å². The van der Waals surface area contributed by atoms with Gasteiger partial charge in [0.25, 0.3) is 0 Å². The summed E-state index contributed by atoms with van der Waals surface area (Å²) < 4.78 is 42.9. The standard InChI is InChI=1S/C10H18O7P/c1-10(2)16-7-6(5-14-18(11)13-4)15-9(12-3)8(7)17-10/h6-9H,5H2,1-4H3/q+1/t6-,7-,8-,9?/m1/s1. The van der Waals surface area contributed by atoms with E-state index in [9.17, 15) is 4.57 Å². The lowest BCUT2D eigenvalue weighted by molar-refractivity contribution is -0.229. The fourth-order valence-electron chi connectivity index (χ4n) is 2.15. The minimum atomic E-state index is -2.12. The van der Waals surface area contributed by atoms with Gasteiger partial charge >= 0.3 is 8.25 Å². The first kappa shape index (κ1) is 14.3. The molecule has 0 aromatic rings. The van der Waals surface area contributed by atoms with Crippen LogP contribution in [0.25, 0.3) is 0 Å². The molecule has 0 saturated carbocycles. The predicted octanol–water partition coefficient (Wildman–Crippen LogP) is 1.20. The first-order valence-corrected chi connectivity index (χ1v) is 6.74. The Balaban J connectivity index is 1.98. The van der Waals surface area contributed by atoms with Crippen molar-refractivity contribution < 1.29 is 32.6 Å². The van der Waals surface area contributed by atoms with Crippen LogP contribution >= 0.6 is 8.25 Å². The van der Waals surface area contributed by atoms with Gasteiger partial charge in [-0.25, -0.2) is 0 Å². The summed E-state index contributed by atoms with van der Waals surface area (Å²) in [6.45, 7) is 3.75. The van der Waals surface area contributed by atoms with E-state index in [1.54, 1.807) is 0 Å². The molecule has 2 rings (SSSR count). The van der Waals surface area contributed by atoms with E-state index in [1.165, 1.54) is 14.2 Å². The van der Waals surface area contributed by atoms with Crippen molar-refractivity contribution in [1.82, 2.24) is 0 Å². The number of methoxy groups -OCH3 is 1. The maximum absolute atomic E-state index is 11.1. The minimum absolute atomic E-state index is 0.101. The molecule has 0 spiro atoms. The highest BCUT2D eigenvalue weighted by Crippen LogP contribution is 2.39. The van der Waals surface area contributed by atoms with Gasteiger partial charge in [0.15, 0.2) is 12.1 Å². The van der Waals surface area contributed by atoms with Gasteiger partial charge in [-0.15, -0.1) is 9.05 Å². The van der Waals surface area contributed by atoms with Crippen LogP contribution in [0, 0.1) is 0 Å². The van der Waals surface area contributed by atoms with Crippen molar-refractivity contribution in [1.29, 1.82) is 0 Å². The lowest BCUT2D eigenvalue weighted by Gasteiger charge is -2.22. The topological polar surface area (TPSA) is 72.5 Å². The van der Waals surface area contributed by atoms with E-state index in [0.29, 0.717) is 0 Å². The van der Waals surface area contributed by atoms with Crippen molar-refractivity contribution >= 4 is 8.25 Å². The van der Waals surface area contributed by atoms with Crippen molar-refractivity contribution in [2.24, 2.45) is 0 Å². The fraction of sp³-hybridized carbons (Fsp3) is 1.00. The monoisotopic (exact) mass is 281 g/mol. The zero-order valence-corrected chi connectivity index (χ0v) is 11.7. The van der Waals surface area contributed by atoms with Crippen LogP contribution < -0.4 is 0 Å². The number of hydrogen-bond acceptors (Lipinski definition) is 7. The Morgan fingerprint density at radius 2 is 1.89 bits per heavy atom. The molecule has 2 aliphatic heterocycles. The molecular weight excluding hydrogens is 263 g/mol. The summed E-state index contributed by atoms with van der Waals surface area (Å²) in [6, 6.07) is 0. The second-order valence-electron chi connectivity index (χ2n) is 4.55. The summed E-state index contributed by atoms with van der Waals surface area (Å²) in [4.78, 5) is 0. The second kappa shape index (κ2) is 5.46. The molecule has 5 atom stereocenters. The van der Waals surface area contributed by atoms with E-state index in [2.05, 4.69) is 4.52 Å². The SMILES string of the molecule is COC1O[C@H](CO[P+](=O)OC)[C@H]2OC(C)(C)O[C@@H]12. The second-order valence-corrected chi connectivity index (χ2v) is 5.62. The van der Waals surface area contributed by atoms with Crippen LogP contribution in [-0.2, 0) is 32.6 Å². The van der Waals surface area contributed by atoms with Crippen molar-refractivity contribution in [3.63, 3.8) is 0 Å². The van der Waals surface area contributed by atoms with E-state index < -0.39 is 26.4 Å². The molecule has 0 aromatic heterocycles. The average Bonchev–Trinajstić information content (AvgIpc) is 2.79. The lowest BCUT2D eigenvalue weighted by atomic mass is 10.1. The van der Waals surface area contributed by atoms with Gasteiger partial charge in [-0.3, -0.25) is 0 Å². The van der Waals surface area contributed by atoms with Gasteiger partial charge in [0.2, 0.25) is 0 Å². The molecular formula is C10H18O7P+. The quantitative estimate of drug-likeness (QED) is 0.701. The Labute approximate surface area is 107 Å². The number of hydrogen-bond donors (Lipinski definition) is 0. The minimum Gasteiger partial charge on any atom is -0.353 e. The molecule has 104 valence electrons. The van der Waals surface area contributed by atoms with Gasteiger partial charge in [0, 0.05) is 11.7 Å².